The first-order valence-corrected chi connectivity index (χ1v) is 6.21. The standard InChI is InChI=1S/C13H25NO2/c1-12(2,3)10-4-6-13(9-14,7-5-10)8-11(15)16/h10H,4-9,14H2,1-3H3,(H,15,16). The van der Waals surface area contributed by atoms with Gasteiger partial charge in [0.2, 0.25) is 0 Å². The zero-order valence-corrected chi connectivity index (χ0v) is 10.8. The summed E-state index contributed by atoms with van der Waals surface area (Å²) in [5.74, 6) is 0.000582. The Kier molecular flexibility index (Phi) is 4.00. The first-order chi connectivity index (χ1) is 7.29. The lowest BCUT2D eigenvalue weighted by molar-refractivity contribution is -0.140. The molecule has 1 aliphatic rings. The summed E-state index contributed by atoms with van der Waals surface area (Å²) in [6.45, 7) is 7.31. The third-order valence-corrected chi connectivity index (χ3v) is 4.23. The van der Waals surface area contributed by atoms with Crippen molar-refractivity contribution >= 4 is 5.97 Å². The second kappa shape index (κ2) is 4.74. The SMILES string of the molecule is CC(C)(C)C1CCC(CN)(CC(=O)O)CC1. The lowest BCUT2D eigenvalue weighted by Crippen LogP contribution is -2.39. The highest BCUT2D eigenvalue weighted by molar-refractivity contribution is 5.67. The Balaban J connectivity index is 2.60. The van der Waals surface area contributed by atoms with Crippen LogP contribution in [0.1, 0.15) is 52.9 Å². The molecule has 0 aromatic carbocycles. The summed E-state index contributed by atoms with van der Waals surface area (Å²) in [6.07, 6.45) is 4.41. The topological polar surface area (TPSA) is 63.3 Å². The Morgan fingerprint density at radius 1 is 1.38 bits per heavy atom. The van der Waals surface area contributed by atoms with E-state index in [0.29, 0.717) is 17.9 Å². The minimum Gasteiger partial charge on any atom is -0.481 e. The van der Waals surface area contributed by atoms with Gasteiger partial charge in [0.05, 0.1) is 6.42 Å². The van der Waals surface area contributed by atoms with Crippen molar-refractivity contribution in [1.82, 2.24) is 0 Å². The maximum atomic E-state index is 10.9. The normalized spacial score (nSPS) is 31.4. The lowest BCUT2D eigenvalue weighted by atomic mass is 9.63. The summed E-state index contributed by atoms with van der Waals surface area (Å²) in [4.78, 5) is 10.9. The van der Waals surface area contributed by atoms with Crippen LogP contribution in [0.25, 0.3) is 0 Å². The van der Waals surface area contributed by atoms with Crippen LogP contribution in [0.2, 0.25) is 0 Å². The molecule has 3 N–H and O–H groups in total. The van der Waals surface area contributed by atoms with Crippen LogP contribution in [0.4, 0.5) is 0 Å². The molecule has 3 nitrogen and oxygen atoms in total. The maximum Gasteiger partial charge on any atom is 0.303 e. The van der Waals surface area contributed by atoms with Crippen LogP contribution in [-0.4, -0.2) is 17.6 Å². The molecule has 0 aromatic rings. The van der Waals surface area contributed by atoms with Gasteiger partial charge in [-0.1, -0.05) is 20.8 Å². The van der Waals surface area contributed by atoms with Gasteiger partial charge in [0.25, 0.3) is 0 Å². The lowest BCUT2D eigenvalue weighted by Gasteiger charge is -2.43. The average molecular weight is 227 g/mol. The summed E-state index contributed by atoms with van der Waals surface area (Å²) in [5, 5.41) is 8.93. The van der Waals surface area contributed by atoms with E-state index in [1.54, 1.807) is 0 Å². The van der Waals surface area contributed by atoms with E-state index in [2.05, 4.69) is 20.8 Å². The van der Waals surface area contributed by atoms with E-state index >= 15 is 0 Å². The Labute approximate surface area is 98.4 Å². The first-order valence-electron chi connectivity index (χ1n) is 6.21. The van der Waals surface area contributed by atoms with Crippen LogP contribution < -0.4 is 5.73 Å². The van der Waals surface area contributed by atoms with Crippen molar-refractivity contribution in [2.45, 2.75) is 52.9 Å². The maximum absolute atomic E-state index is 10.9. The highest BCUT2D eigenvalue weighted by Crippen LogP contribution is 2.46. The van der Waals surface area contributed by atoms with Gasteiger partial charge in [-0.25, -0.2) is 0 Å². The van der Waals surface area contributed by atoms with Crippen molar-refractivity contribution < 1.29 is 9.90 Å². The van der Waals surface area contributed by atoms with Gasteiger partial charge < -0.3 is 10.8 Å². The molecule has 0 unspecified atom stereocenters. The molecule has 94 valence electrons. The van der Waals surface area contributed by atoms with Gasteiger partial charge in [-0.2, -0.15) is 0 Å². The second-order valence-electron chi connectivity index (χ2n) is 6.41. The van der Waals surface area contributed by atoms with E-state index in [1.165, 1.54) is 0 Å². The molecule has 0 amide bonds. The van der Waals surface area contributed by atoms with E-state index in [4.69, 9.17) is 10.8 Å². The smallest absolute Gasteiger partial charge is 0.303 e. The summed E-state index contributed by atoms with van der Waals surface area (Å²) < 4.78 is 0. The minimum absolute atomic E-state index is 0.131. The van der Waals surface area contributed by atoms with Gasteiger partial charge >= 0.3 is 5.97 Å². The number of hydrogen-bond acceptors (Lipinski definition) is 2. The number of carbonyl (C=O) groups is 1. The summed E-state index contributed by atoms with van der Waals surface area (Å²) >= 11 is 0. The van der Waals surface area contributed by atoms with Crippen LogP contribution in [-0.2, 0) is 4.79 Å². The van der Waals surface area contributed by atoms with E-state index < -0.39 is 5.97 Å². The minimum atomic E-state index is -0.709. The molecule has 0 spiro atoms. The van der Waals surface area contributed by atoms with Crippen molar-refractivity contribution in [2.24, 2.45) is 22.5 Å². The Hall–Kier alpha value is -0.570. The van der Waals surface area contributed by atoms with E-state index in [0.717, 1.165) is 25.7 Å². The number of nitrogens with two attached hydrogens (primary N) is 1. The largest absolute Gasteiger partial charge is 0.481 e. The van der Waals surface area contributed by atoms with E-state index in [9.17, 15) is 4.79 Å². The fraction of sp³-hybridized carbons (Fsp3) is 0.923. The van der Waals surface area contributed by atoms with Gasteiger partial charge in [0.1, 0.15) is 0 Å². The van der Waals surface area contributed by atoms with Crippen molar-refractivity contribution in [3.8, 4) is 0 Å². The molecule has 0 atom stereocenters. The molecule has 3 heteroatoms. The monoisotopic (exact) mass is 227 g/mol. The molecule has 1 saturated carbocycles. The summed E-state index contributed by atoms with van der Waals surface area (Å²) in [6, 6.07) is 0. The zero-order chi connectivity index (χ0) is 12.4. The van der Waals surface area contributed by atoms with Crippen molar-refractivity contribution in [1.29, 1.82) is 0 Å². The van der Waals surface area contributed by atoms with Crippen LogP contribution in [0, 0.1) is 16.7 Å². The number of rotatable bonds is 3. The second-order valence-corrected chi connectivity index (χ2v) is 6.41. The number of carboxylic acids is 1. The quantitative estimate of drug-likeness (QED) is 0.779. The fourth-order valence-electron chi connectivity index (χ4n) is 2.87. The van der Waals surface area contributed by atoms with Gasteiger partial charge in [-0.3, -0.25) is 4.79 Å². The van der Waals surface area contributed by atoms with Gasteiger partial charge in [0, 0.05) is 0 Å². The molecular formula is C13H25NO2. The van der Waals surface area contributed by atoms with Gasteiger partial charge in [-0.05, 0) is 49.0 Å². The molecule has 0 bridgehead atoms. The Morgan fingerprint density at radius 3 is 2.19 bits per heavy atom. The molecule has 0 saturated heterocycles. The van der Waals surface area contributed by atoms with Crippen LogP contribution in [0.3, 0.4) is 0 Å². The van der Waals surface area contributed by atoms with Crippen molar-refractivity contribution in [3.05, 3.63) is 0 Å². The Morgan fingerprint density at radius 2 is 1.88 bits per heavy atom. The Bertz CT molecular complexity index is 247. The number of carboxylic acid groups (broad SMARTS) is 1. The first kappa shape index (κ1) is 13.5. The molecule has 1 aliphatic carbocycles. The van der Waals surface area contributed by atoms with Crippen molar-refractivity contribution in [3.63, 3.8) is 0 Å². The van der Waals surface area contributed by atoms with Crippen LogP contribution in [0.15, 0.2) is 0 Å². The number of aliphatic carboxylic acids is 1. The summed E-state index contributed by atoms with van der Waals surface area (Å²) in [5.41, 5.74) is 5.98. The van der Waals surface area contributed by atoms with Crippen LogP contribution in [0.5, 0.6) is 0 Å². The van der Waals surface area contributed by atoms with Gasteiger partial charge in [-0.15, -0.1) is 0 Å². The number of hydrogen-bond donors (Lipinski definition) is 2. The third kappa shape index (κ3) is 3.21. The van der Waals surface area contributed by atoms with Crippen LogP contribution >= 0.6 is 0 Å². The molecule has 0 aromatic heterocycles. The van der Waals surface area contributed by atoms with Gasteiger partial charge in [0.15, 0.2) is 0 Å². The van der Waals surface area contributed by atoms with E-state index in [-0.39, 0.29) is 11.8 Å². The third-order valence-electron chi connectivity index (χ3n) is 4.23. The molecule has 0 aliphatic heterocycles. The molecule has 16 heavy (non-hydrogen) atoms. The molecule has 1 fully saturated rings. The molecule has 0 radical (unpaired) electrons. The molecule has 1 rings (SSSR count). The molecule has 0 heterocycles. The fourth-order valence-corrected chi connectivity index (χ4v) is 2.87. The highest BCUT2D eigenvalue weighted by atomic mass is 16.4. The molecular weight excluding hydrogens is 202 g/mol. The predicted octanol–water partition coefficient (Wildman–Crippen LogP) is 2.64. The van der Waals surface area contributed by atoms with E-state index in [1.807, 2.05) is 0 Å². The summed E-state index contributed by atoms with van der Waals surface area (Å²) in [7, 11) is 0. The average Bonchev–Trinajstić information content (AvgIpc) is 2.16. The predicted molar refractivity (Wildman–Crippen MR) is 65.2 cm³/mol. The zero-order valence-electron chi connectivity index (χ0n) is 10.8. The van der Waals surface area contributed by atoms with Crippen molar-refractivity contribution in [2.75, 3.05) is 6.54 Å². The highest BCUT2D eigenvalue weighted by Gasteiger charge is 2.39.